The van der Waals surface area contributed by atoms with Crippen LogP contribution in [0.25, 0.3) is 10.8 Å². The lowest BCUT2D eigenvalue weighted by Gasteiger charge is -2.35. The second-order valence-electron chi connectivity index (χ2n) is 7.40. The van der Waals surface area contributed by atoms with Gasteiger partial charge in [0, 0.05) is 19.6 Å². The summed E-state index contributed by atoms with van der Waals surface area (Å²) >= 11 is 1.46. The fourth-order valence-corrected chi connectivity index (χ4v) is 4.28. The molecule has 1 saturated heterocycles. The molecule has 1 N–H and O–H groups in total. The number of oxazole rings is 1. The van der Waals surface area contributed by atoms with E-state index in [9.17, 15) is 18.0 Å². The third-order valence-electron chi connectivity index (χ3n) is 5.31. The number of ether oxygens (including phenoxy) is 1. The number of aryl methyl sites for hydroxylation is 1. The number of morpholine rings is 1. The molecule has 170 valence electrons. The van der Waals surface area contributed by atoms with Gasteiger partial charge in [0.25, 0.3) is 5.91 Å². The Morgan fingerprint density at radius 1 is 1.22 bits per heavy atom. The first-order valence-corrected chi connectivity index (χ1v) is 11.0. The average molecular weight is 465 g/mol. The van der Waals surface area contributed by atoms with Crippen molar-refractivity contribution in [1.29, 1.82) is 0 Å². The van der Waals surface area contributed by atoms with E-state index in [1.165, 1.54) is 23.5 Å². The van der Waals surface area contributed by atoms with E-state index in [2.05, 4.69) is 15.2 Å². The summed E-state index contributed by atoms with van der Waals surface area (Å²) in [6.07, 6.45) is -4.40. The van der Waals surface area contributed by atoms with E-state index in [0.717, 1.165) is 17.0 Å². The van der Waals surface area contributed by atoms with E-state index in [0.29, 0.717) is 43.5 Å². The van der Waals surface area contributed by atoms with E-state index in [1.54, 1.807) is 6.92 Å². The molecule has 2 aromatic heterocycles. The minimum atomic E-state index is -4.40. The molecule has 0 aliphatic carbocycles. The van der Waals surface area contributed by atoms with Crippen molar-refractivity contribution in [2.45, 2.75) is 19.1 Å². The summed E-state index contributed by atoms with van der Waals surface area (Å²) in [4.78, 5) is 20.1. The number of halogens is 3. The van der Waals surface area contributed by atoms with Gasteiger partial charge in [-0.2, -0.15) is 13.2 Å². The molecule has 1 unspecified atom stereocenters. The van der Waals surface area contributed by atoms with Crippen LogP contribution in [0.4, 0.5) is 13.2 Å². The molecule has 32 heavy (non-hydrogen) atoms. The fourth-order valence-electron chi connectivity index (χ4n) is 3.63. The van der Waals surface area contributed by atoms with Gasteiger partial charge in [0.2, 0.25) is 5.89 Å². The van der Waals surface area contributed by atoms with Gasteiger partial charge >= 0.3 is 6.18 Å². The van der Waals surface area contributed by atoms with E-state index in [-0.39, 0.29) is 24.2 Å². The van der Waals surface area contributed by atoms with E-state index in [4.69, 9.17) is 9.15 Å². The molecule has 10 heteroatoms. The predicted molar refractivity (Wildman–Crippen MR) is 113 cm³/mol. The molecule has 1 aliphatic heterocycles. The fraction of sp³-hybridized carbons (Fsp3) is 0.364. The lowest BCUT2D eigenvalue weighted by atomic mass is 10.0. The largest absolute Gasteiger partial charge is 0.440 e. The Bertz CT molecular complexity index is 1040. The highest BCUT2D eigenvalue weighted by atomic mass is 32.1. The van der Waals surface area contributed by atoms with Crippen molar-refractivity contribution in [2.24, 2.45) is 0 Å². The number of rotatable bonds is 6. The summed E-state index contributed by atoms with van der Waals surface area (Å²) in [5, 5.41) is 4.77. The van der Waals surface area contributed by atoms with Crippen LogP contribution in [0.15, 0.2) is 46.2 Å². The maximum atomic E-state index is 13.0. The first kappa shape index (κ1) is 22.5. The standard InChI is InChI=1S/C22H22F3N3O3S/c1-14-19(27-21(31-14)18-3-2-12-32-18)20(29)26-13-17(28-8-10-30-11-9-28)15-4-6-16(7-5-15)22(23,24)25/h2-7,12,17H,8-11,13H2,1H3,(H,26,29). The van der Waals surface area contributed by atoms with Crippen LogP contribution < -0.4 is 5.32 Å². The molecular formula is C22H22F3N3O3S. The number of nitrogens with one attached hydrogen (secondary N) is 1. The molecule has 1 aromatic carbocycles. The Balaban J connectivity index is 1.51. The zero-order chi connectivity index (χ0) is 22.7. The predicted octanol–water partition coefficient (Wildman–Crippen LogP) is 4.53. The van der Waals surface area contributed by atoms with Crippen LogP contribution >= 0.6 is 11.3 Å². The second-order valence-corrected chi connectivity index (χ2v) is 8.34. The highest BCUT2D eigenvalue weighted by Gasteiger charge is 2.31. The molecule has 1 aliphatic rings. The zero-order valence-corrected chi connectivity index (χ0v) is 18.1. The quantitative estimate of drug-likeness (QED) is 0.579. The average Bonchev–Trinajstić information content (AvgIpc) is 3.44. The molecule has 0 saturated carbocycles. The molecule has 1 amide bonds. The third-order valence-corrected chi connectivity index (χ3v) is 6.17. The van der Waals surface area contributed by atoms with Gasteiger partial charge in [-0.15, -0.1) is 11.3 Å². The van der Waals surface area contributed by atoms with Crippen LogP contribution in [0.1, 0.15) is 33.4 Å². The lowest BCUT2D eigenvalue weighted by Crippen LogP contribution is -2.44. The van der Waals surface area contributed by atoms with Gasteiger partial charge < -0.3 is 14.5 Å². The first-order chi connectivity index (χ1) is 15.3. The van der Waals surface area contributed by atoms with Crippen LogP contribution in [0.5, 0.6) is 0 Å². The van der Waals surface area contributed by atoms with Gasteiger partial charge in [0.1, 0.15) is 5.76 Å². The number of hydrogen-bond acceptors (Lipinski definition) is 6. The van der Waals surface area contributed by atoms with Crippen LogP contribution in [0.2, 0.25) is 0 Å². The number of aromatic nitrogens is 1. The van der Waals surface area contributed by atoms with E-state index >= 15 is 0 Å². The van der Waals surface area contributed by atoms with Gasteiger partial charge in [0.15, 0.2) is 5.69 Å². The number of amides is 1. The van der Waals surface area contributed by atoms with Gasteiger partial charge in [-0.25, -0.2) is 4.98 Å². The summed E-state index contributed by atoms with van der Waals surface area (Å²) in [6.45, 7) is 4.18. The first-order valence-electron chi connectivity index (χ1n) is 10.1. The molecule has 6 nitrogen and oxygen atoms in total. The normalized spacial score (nSPS) is 16.1. The van der Waals surface area contributed by atoms with Crippen molar-refractivity contribution >= 4 is 17.2 Å². The Morgan fingerprint density at radius 3 is 2.56 bits per heavy atom. The summed E-state index contributed by atoms with van der Waals surface area (Å²) in [5.74, 6) is 0.401. The van der Waals surface area contributed by atoms with Crippen molar-refractivity contribution in [3.63, 3.8) is 0 Å². The number of nitrogens with zero attached hydrogens (tertiary/aromatic N) is 2. The summed E-state index contributed by atoms with van der Waals surface area (Å²) in [5.41, 5.74) is 0.184. The van der Waals surface area contributed by atoms with Crippen LogP contribution in [0.3, 0.4) is 0 Å². The molecule has 0 spiro atoms. The molecule has 3 aromatic rings. The van der Waals surface area contributed by atoms with Crippen molar-refractivity contribution in [3.8, 4) is 10.8 Å². The van der Waals surface area contributed by atoms with Gasteiger partial charge in [-0.05, 0) is 36.1 Å². The van der Waals surface area contributed by atoms with Crippen LogP contribution in [-0.2, 0) is 10.9 Å². The maximum absolute atomic E-state index is 13.0. The Morgan fingerprint density at radius 2 is 1.94 bits per heavy atom. The minimum absolute atomic E-state index is 0.196. The number of carbonyl (C=O) groups is 1. The Hall–Kier alpha value is -2.69. The number of benzene rings is 1. The van der Waals surface area contributed by atoms with E-state index < -0.39 is 11.7 Å². The molecule has 3 heterocycles. The van der Waals surface area contributed by atoms with Crippen molar-refractivity contribution < 1.29 is 27.1 Å². The van der Waals surface area contributed by atoms with Crippen LogP contribution in [-0.4, -0.2) is 48.6 Å². The van der Waals surface area contributed by atoms with Gasteiger partial charge in [0.05, 0.1) is 29.7 Å². The number of thiophene rings is 1. The maximum Gasteiger partial charge on any atom is 0.416 e. The van der Waals surface area contributed by atoms with Gasteiger partial charge in [-0.1, -0.05) is 18.2 Å². The van der Waals surface area contributed by atoms with Crippen LogP contribution in [0, 0.1) is 6.92 Å². The minimum Gasteiger partial charge on any atom is -0.440 e. The van der Waals surface area contributed by atoms with Gasteiger partial charge in [-0.3, -0.25) is 9.69 Å². The molecular weight excluding hydrogens is 443 g/mol. The topological polar surface area (TPSA) is 67.6 Å². The monoisotopic (exact) mass is 465 g/mol. The summed E-state index contributed by atoms with van der Waals surface area (Å²) in [6, 6.07) is 8.50. The zero-order valence-electron chi connectivity index (χ0n) is 17.3. The number of hydrogen-bond donors (Lipinski definition) is 1. The third kappa shape index (κ3) is 5.03. The highest BCUT2D eigenvalue weighted by molar-refractivity contribution is 7.13. The molecule has 0 radical (unpaired) electrons. The Labute approximate surface area is 187 Å². The number of alkyl halides is 3. The summed E-state index contributed by atoms with van der Waals surface area (Å²) in [7, 11) is 0. The Kier molecular flexibility index (Phi) is 6.63. The molecule has 0 bridgehead atoms. The molecule has 4 rings (SSSR count). The lowest BCUT2D eigenvalue weighted by molar-refractivity contribution is -0.137. The van der Waals surface area contributed by atoms with Crippen molar-refractivity contribution in [1.82, 2.24) is 15.2 Å². The molecule has 1 atom stereocenters. The summed E-state index contributed by atoms with van der Waals surface area (Å²) < 4.78 is 49.9. The SMILES string of the molecule is Cc1oc(-c2cccs2)nc1C(=O)NCC(c1ccc(C(F)(F)F)cc1)N1CCOCC1. The van der Waals surface area contributed by atoms with E-state index in [1.807, 2.05) is 17.5 Å². The highest BCUT2D eigenvalue weighted by Crippen LogP contribution is 2.31. The van der Waals surface area contributed by atoms with Crippen molar-refractivity contribution in [3.05, 3.63) is 64.4 Å². The number of carbonyl (C=O) groups excluding carboxylic acids is 1. The second kappa shape index (κ2) is 9.43. The molecule has 1 fully saturated rings. The van der Waals surface area contributed by atoms with Crippen molar-refractivity contribution in [2.75, 3.05) is 32.8 Å². The smallest absolute Gasteiger partial charge is 0.416 e.